The number of carbonyl (C=O) groups excluding carboxylic acids is 1. The number of nitrogens with two attached hydrogens (primary N) is 2. The second-order valence-corrected chi connectivity index (χ2v) is 4.83. The first kappa shape index (κ1) is 14.4. The molecule has 0 saturated carbocycles. The molecule has 104 valence electrons. The van der Waals surface area contributed by atoms with E-state index in [2.05, 4.69) is 5.32 Å². The number of hydrogen-bond donors (Lipinski definition) is 3. The van der Waals surface area contributed by atoms with Gasteiger partial charge in [0.25, 0.3) is 5.91 Å². The Labute approximate surface area is 124 Å². The summed E-state index contributed by atoms with van der Waals surface area (Å²) in [6.45, 7) is 0. The third-order valence-corrected chi connectivity index (χ3v) is 3.17. The van der Waals surface area contributed by atoms with Gasteiger partial charge in [-0.1, -0.05) is 29.3 Å². The standard InChI is InChI=1S/C13H10Cl2FN3O/c14-8-4-6(5-9(15)11(8)16)19-12-7(13(18)20)2-1-3-10(12)17/h1-5,19H,17H2,(H2,18,20). The van der Waals surface area contributed by atoms with Crippen LogP contribution in [0.4, 0.5) is 21.5 Å². The predicted molar refractivity (Wildman–Crippen MR) is 79.1 cm³/mol. The molecule has 0 aliphatic heterocycles. The lowest BCUT2D eigenvalue weighted by atomic mass is 10.1. The van der Waals surface area contributed by atoms with Gasteiger partial charge in [-0.25, -0.2) is 4.39 Å². The molecule has 5 N–H and O–H groups in total. The lowest BCUT2D eigenvalue weighted by molar-refractivity contribution is 0.100. The van der Waals surface area contributed by atoms with Crippen LogP contribution in [0.2, 0.25) is 10.0 Å². The number of rotatable bonds is 3. The average molecular weight is 314 g/mol. The fourth-order valence-electron chi connectivity index (χ4n) is 1.69. The highest BCUT2D eigenvalue weighted by atomic mass is 35.5. The van der Waals surface area contributed by atoms with Crippen LogP contribution in [0.5, 0.6) is 0 Å². The highest BCUT2D eigenvalue weighted by Gasteiger charge is 2.13. The number of para-hydroxylation sites is 1. The van der Waals surface area contributed by atoms with E-state index in [0.717, 1.165) is 0 Å². The maximum atomic E-state index is 13.3. The number of carbonyl (C=O) groups is 1. The zero-order valence-corrected chi connectivity index (χ0v) is 11.6. The molecule has 0 fully saturated rings. The third kappa shape index (κ3) is 2.79. The smallest absolute Gasteiger partial charge is 0.250 e. The van der Waals surface area contributed by atoms with Crippen molar-refractivity contribution in [3.63, 3.8) is 0 Å². The molecule has 0 saturated heterocycles. The number of halogens is 3. The summed E-state index contributed by atoms with van der Waals surface area (Å²) in [4.78, 5) is 11.4. The Kier molecular flexibility index (Phi) is 4.01. The minimum atomic E-state index is -0.713. The Bertz CT molecular complexity index is 668. The number of anilines is 3. The van der Waals surface area contributed by atoms with Crippen molar-refractivity contribution >= 4 is 46.2 Å². The summed E-state index contributed by atoms with van der Waals surface area (Å²) in [5.41, 5.74) is 12.3. The quantitative estimate of drug-likeness (QED) is 0.598. The number of primary amides is 1. The lowest BCUT2D eigenvalue weighted by Gasteiger charge is -2.13. The molecular weight excluding hydrogens is 304 g/mol. The summed E-state index contributed by atoms with van der Waals surface area (Å²) in [5.74, 6) is -1.35. The van der Waals surface area contributed by atoms with Gasteiger partial charge in [0.2, 0.25) is 0 Å². The summed E-state index contributed by atoms with van der Waals surface area (Å²) in [7, 11) is 0. The van der Waals surface area contributed by atoms with Crippen molar-refractivity contribution in [3.8, 4) is 0 Å². The van der Waals surface area contributed by atoms with Crippen molar-refractivity contribution in [2.24, 2.45) is 5.73 Å². The predicted octanol–water partition coefficient (Wildman–Crippen LogP) is 3.56. The van der Waals surface area contributed by atoms with Crippen LogP contribution >= 0.6 is 23.2 Å². The lowest BCUT2D eigenvalue weighted by Crippen LogP contribution is -2.14. The maximum absolute atomic E-state index is 13.3. The molecule has 0 atom stereocenters. The normalized spacial score (nSPS) is 10.3. The number of hydrogen-bond acceptors (Lipinski definition) is 3. The van der Waals surface area contributed by atoms with Crippen molar-refractivity contribution in [3.05, 3.63) is 51.8 Å². The van der Waals surface area contributed by atoms with E-state index < -0.39 is 11.7 Å². The zero-order chi connectivity index (χ0) is 14.9. The van der Waals surface area contributed by atoms with Crippen LogP contribution in [0.25, 0.3) is 0 Å². The monoisotopic (exact) mass is 313 g/mol. The van der Waals surface area contributed by atoms with Gasteiger partial charge in [-0.05, 0) is 24.3 Å². The molecule has 0 aliphatic carbocycles. The molecule has 0 heterocycles. The molecule has 0 spiro atoms. The summed E-state index contributed by atoms with van der Waals surface area (Å²) >= 11 is 11.4. The Morgan fingerprint density at radius 1 is 1.20 bits per heavy atom. The van der Waals surface area contributed by atoms with Gasteiger partial charge in [-0.15, -0.1) is 0 Å². The van der Waals surface area contributed by atoms with Gasteiger partial charge in [-0.2, -0.15) is 0 Å². The van der Waals surface area contributed by atoms with E-state index in [0.29, 0.717) is 17.1 Å². The average Bonchev–Trinajstić information content (AvgIpc) is 2.38. The van der Waals surface area contributed by atoms with Crippen molar-refractivity contribution in [1.82, 2.24) is 0 Å². The third-order valence-electron chi connectivity index (χ3n) is 2.62. The minimum Gasteiger partial charge on any atom is -0.397 e. The fraction of sp³-hybridized carbons (Fsp3) is 0. The molecule has 2 aromatic rings. The van der Waals surface area contributed by atoms with E-state index in [1.54, 1.807) is 12.1 Å². The molecule has 7 heteroatoms. The van der Waals surface area contributed by atoms with E-state index in [1.165, 1.54) is 18.2 Å². The maximum Gasteiger partial charge on any atom is 0.250 e. The molecule has 2 rings (SSSR count). The minimum absolute atomic E-state index is 0.143. The summed E-state index contributed by atoms with van der Waals surface area (Å²) < 4.78 is 13.3. The van der Waals surface area contributed by atoms with Gasteiger partial charge < -0.3 is 16.8 Å². The van der Waals surface area contributed by atoms with Crippen molar-refractivity contribution in [2.75, 3.05) is 11.1 Å². The van der Waals surface area contributed by atoms with E-state index in [1.807, 2.05) is 0 Å². The van der Waals surface area contributed by atoms with Crippen LogP contribution in [0, 0.1) is 5.82 Å². The molecule has 0 bridgehead atoms. The van der Waals surface area contributed by atoms with Gasteiger partial charge in [0.15, 0.2) is 5.82 Å². The zero-order valence-electron chi connectivity index (χ0n) is 10.1. The van der Waals surface area contributed by atoms with Gasteiger partial charge >= 0.3 is 0 Å². The molecule has 2 aromatic carbocycles. The Hall–Kier alpha value is -1.98. The fourth-order valence-corrected chi connectivity index (χ4v) is 2.17. The molecule has 0 aliphatic rings. The van der Waals surface area contributed by atoms with E-state index >= 15 is 0 Å². The first-order valence-corrected chi connectivity index (χ1v) is 6.25. The highest BCUT2D eigenvalue weighted by molar-refractivity contribution is 6.35. The molecule has 0 aromatic heterocycles. The number of amides is 1. The molecule has 20 heavy (non-hydrogen) atoms. The Morgan fingerprint density at radius 2 is 1.80 bits per heavy atom. The number of nitrogen functional groups attached to an aromatic ring is 1. The van der Waals surface area contributed by atoms with Gasteiger partial charge in [-0.3, -0.25) is 4.79 Å². The molecule has 4 nitrogen and oxygen atoms in total. The molecule has 0 unspecified atom stereocenters. The topological polar surface area (TPSA) is 81.1 Å². The largest absolute Gasteiger partial charge is 0.397 e. The van der Waals surface area contributed by atoms with Crippen molar-refractivity contribution in [1.29, 1.82) is 0 Å². The summed E-state index contributed by atoms with van der Waals surface area (Å²) in [5, 5.41) is 2.58. The summed E-state index contributed by atoms with van der Waals surface area (Å²) in [6.07, 6.45) is 0. The van der Waals surface area contributed by atoms with Crippen LogP contribution in [-0.2, 0) is 0 Å². The first-order valence-electron chi connectivity index (χ1n) is 5.50. The first-order chi connectivity index (χ1) is 9.40. The van der Waals surface area contributed by atoms with Crippen molar-refractivity contribution < 1.29 is 9.18 Å². The van der Waals surface area contributed by atoms with E-state index in [-0.39, 0.29) is 15.6 Å². The number of nitrogens with one attached hydrogen (secondary N) is 1. The van der Waals surface area contributed by atoms with Crippen LogP contribution in [0.1, 0.15) is 10.4 Å². The van der Waals surface area contributed by atoms with Crippen LogP contribution in [-0.4, -0.2) is 5.91 Å². The summed E-state index contributed by atoms with van der Waals surface area (Å²) in [6, 6.07) is 7.39. The van der Waals surface area contributed by atoms with Gasteiger partial charge in [0.1, 0.15) is 0 Å². The SMILES string of the molecule is NC(=O)c1cccc(N)c1Nc1cc(Cl)c(F)c(Cl)c1. The number of benzene rings is 2. The van der Waals surface area contributed by atoms with Crippen molar-refractivity contribution in [2.45, 2.75) is 0 Å². The van der Waals surface area contributed by atoms with Gasteiger partial charge in [0, 0.05) is 5.69 Å². The second kappa shape index (κ2) is 5.56. The van der Waals surface area contributed by atoms with Crippen LogP contribution in [0.15, 0.2) is 30.3 Å². The van der Waals surface area contributed by atoms with E-state index in [4.69, 9.17) is 34.7 Å². The van der Waals surface area contributed by atoms with Crippen LogP contribution < -0.4 is 16.8 Å². The van der Waals surface area contributed by atoms with Crippen LogP contribution in [0.3, 0.4) is 0 Å². The Morgan fingerprint density at radius 3 is 2.35 bits per heavy atom. The molecule has 1 amide bonds. The molecular formula is C13H10Cl2FN3O. The Balaban J connectivity index is 2.47. The van der Waals surface area contributed by atoms with E-state index in [9.17, 15) is 9.18 Å². The molecule has 0 radical (unpaired) electrons. The van der Waals surface area contributed by atoms with Gasteiger partial charge in [0.05, 0.1) is 27.0 Å². The highest BCUT2D eigenvalue weighted by Crippen LogP contribution is 2.32. The second-order valence-electron chi connectivity index (χ2n) is 4.01.